The minimum atomic E-state index is -0.618. The zero-order valence-electron chi connectivity index (χ0n) is 12.5. The van der Waals surface area contributed by atoms with Crippen LogP contribution in [0.25, 0.3) is 0 Å². The lowest BCUT2D eigenvalue weighted by molar-refractivity contribution is -0.142. The summed E-state index contributed by atoms with van der Waals surface area (Å²) in [4.78, 5) is 16.2. The summed E-state index contributed by atoms with van der Waals surface area (Å²) in [5.74, 6) is -0.0420. The Morgan fingerprint density at radius 2 is 1.84 bits per heavy atom. The molecule has 0 aliphatic carbocycles. The van der Waals surface area contributed by atoms with Gasteiger partial charge >= 0.3 is 5.97 Å². The standard InChI is InChI=1S/C15H28N2O2/c1-11(2)10-16-7-4-13(5-8-16)17-9-6-14(12(17)3)15(18)19/h11-14H,4-10H2,1-3H3,(H,18,19). The third kappa shape index (κ3) is 3.48. The van der Waals surface area contributed by atoms with Crippen LogP contribution in [0.5, 0.6) is 0 Å². The second kappa shape index (κ2) is 6.23. The number of hydrogen-bond acceptors (Lipinski definition) is 3. The topological polar surface area (TPSA) is 43.8 Å². The summed E-state index contributed by atoms with van der Waals surface area (Å²) in [7, 11) is 0. The highest BCUT2D eigenvalue weighted by atomic mass is 16.4. The van der Waals surface area contributed by atoms with Gasteiger partial charge in [0.25, 0.3) is 0 Å². The number of nitrogens with zero attached hydrogens (tertiary/aromatic N) is 2. The molecule has 0 aromatic carbocycles. The molecule has 0 amide bonds. The van der Waals surface area contributed by atoms with Gasteiger partial charge in [0.15, 0.2) is 0 Å². The van der Waals surface area contributed by atoms with Crippen molar-refractivity contribution in [3.05, 3.63) is 0 Å². The summed E-state index contributed by atoms with van der Waals surface area (Å²) in [5.41, 5.74) is 0. The van der Waals surface area contributed by atoms with Crippen molar-refractivity contribution < 1.29 is 9.90 Å². The molecule has 4 heteroatoms. The van der Waals surface area contributed by atoms with Crippen LogP contribution in [0.3, 0.4) is 0 Å². The molecule has 2 atom stereocenters. The predicted octanol–water partition coefficient (Wildman–Crippen LogP) is 1.90. The van der Waals surface area contributed by atoms with E-state index in [-0.39, 0.29) is 12.0 Å². The van der Waals surface area contributed by atoms with E-state index >= 15 is 0 Å². The molecule has 110 valence electrons. The molecule has 2 aliphatic heterocycles. The molecule has 0 radical (unpaired) electrons. The Morgan fingerprint density at radius 1 is 1.21 bits per heavy atom. The van der Waals surface area contributed by atoms with Crippen LogP contribution < -0.4 is 0 Å². The molecule has 1 N–H and O–H groups in total. The summed E-state index contributed by atoms with van der Waals surface area (Å²) in [6, 6.07) is 0.807. The first-order chi connectivity index (χ1) is 8.99. The fourth-order valence-electron chi connectivity index (χ4n) is 3.76. The summed E-state index contributed by atoms with van der Waals surface area (Å²) in [5, 5.41) is 9.21. The highest BCUT2D eigenvalue weighted by molar-refractivity contribution is 5.71. The van der Waals surface area contributed by atoms with E-state index in [1.165, 1.54) is 32.5 Å². The first-order valence-corrected chi connectivity index (χ1v) is 7.70. The summed E-state index contributed by atoms with van der Waals surface area (Å²) in [6.45, 7) is 11.1. The molecule has 0 spiro atoms. The number of carbonyl (C=O) groups is 1. The van der Waals surface area contributed by atoms with Gasteiger partial charge in [0.2, 0.25) is 0 Å². The maximum Gasteiger partial charge on any atom is 0.308 e. The monoisotopic (exact) mass is 268 g/mol. The first kappa shape index (κ1) is 14.8. The predicted molar refractivity (Wildman–Crippen MR) is 76.2 cm³/mol. The molecule has 2 rings (SSSR count). The van der Waals surface area contributed by atoms with E-state index in [0.29, 0.717) is 6.04 Å². The number of likely N-dealkylation sites (tertiary alicyclic amines) is 2. The van der Waals surface area contributed by atoms with Crippen molar-refractivity contribution in [3.8, 4) is 0 Å². The van der Waals surface area contributed by atoms with Gasteiger partial charge in [-0.05, 0) is 51.7 Å². The van der Waals surface area contributed by atoms with Crippen LogP contribution in [0.4, 0.5) is 0 Å². The number of aliphatic carboxylic acids is 1. The molecule has 2 saturated heterocycles. The number of rotatable bonds is 4. The van der Waals surface area contributed by atoms with Gasteiger partial charge in [0.1, 0.15) is 0 Å². The fraction of sp³-hybridized carbons (Fsp3) is 0.933. The zero-order valence-corrected chi connectivity index (χ0v) is 12.5. The zero-order chi connectivity index (χ0) is 14.0. The Morgan fingerprint density at radius 3 is 2.32 bits per heavy atom. The van der Waals surface area contributed by atoms with Crippen molar-refractivity contribution in [1.29, 1.82) is 0 Å². The maximum absolute atomic E-state index is 11.2. The van der Waals surface area contributed by atoms with Gasteiger partial charge < -0.3 is 10.0 Å². The number of carboxylic acid groups (broad SMARTS) is 1. The van der Waals surface area contributed by atoms with Gasteiger partial charge in [-0.3, -0.25) is 9.69 Å². The van der Waals surface area contributed by atoms with Crippen LogP contribution in [0.15, 0.2) is 0 Å². The van der Waals surface area contributed by atoms with Crippen molar-refractivity contribution >= 4 is 5.97 Å². The molecule has 0 saturated carbocycles. The van der Waals surface area contributed by atoms with E-state index in [1.54, 1.807) is 0 Å². The number of carboxylic acids is 1. The van der Waals surface area contributed by atoms with E-state index in [0.717, 1.165) is 18.9 Å². The van der Waals surface area contributed by atoms with Gasteiger partial charge in [-0.1, -0.05) is 13.8 Å². The SMILES string of the molecule is CC(C)CN1CCC(N2CCC(C(=O)O)C2C)CC1. The van der Waals surface area contributed by atoms with Gasteiger partial charge in [-0.15, -0.1) is 0 Å². The molecule has 2 aliphatic rings. The Labute approximate surface area is 116 Å². The van der Waals surface area contributed by atoms with Crippen LogP contribution in [0, 0.1) is 11.8 Å². The molecule has 0 aromatic rings. The molecule has 2 unspecified atom stereocenters. The quantitative estimate of drug-likeness (QED) is 0.846. The molecular formula is C15H28N2O2. The average Bonchev–Trinajstić information content (AvgIpc) is 2.71. The van der Waals surface area contributed by atoms with Crippen LogP contribution >= 0.6 is 0 Å². The average molecular weight is 268 g/mol. The van der Waals surface area contributed by atoms with Crippen molar-refractivity contribution in [2.75, 3.05) is 26.2 Å². The second-order valence-corrected chi connectivity index (χ2v) is 6.64. The minimum absolute atomic E-state index is 0.159. The largest absolute Gasteiger partial charge is 0.481 e. The molecule has 0 aromatic heterocycles. The molecule has 0 bridgehead atoms. The lowest BCUT2D eigenvalue weighted by Gasteiger charge is -2.39. The Bertz CT molecular complexity index is 311. The van der Waals surface area contributed by atoms with E-state index < -0.39 is 5.97 Å². The number of piperidine rings is 1. The molecule has 4 nitrogen and oxygen atoms in total. The van der Waals surface area contributed by atoms with Crippen LogP contribution in [0.2, 0.25) is 0 Å². The normalized spacial score (nSPS) is 31.2. The molecule has 2 heterocycles. The van der Waals surface area contributed by atoms with Gasteiger partial charge in [0.05, 0.1) is 5.92 Å². The van der Waals surface area contributed by atoms with E-state index in [9.17, 15) is 9.90 Å². The number of hydrogen-bond donors (Lipinski definition) is 1. The van der Waals surface area contributed by atoms with Crippen molar-refractivity contribution in [3.63, 3.8) is 0 Å². The Kier molecular flexibility index (Phi) is 4.85. The molecule has 19 heavy (non-hydrogen) atoms. The first-order valence-electron chi connectivity index (χ1n) is 7.70. The van der Waals surface area contributed by atoms with Gasteiger partial charge in [-0.2, -0.15) is 0 Å². The fourth-order valence-corrected chi connectivity index (χ4v) is 3.76. The summed E-state index contributed by atoms with van der Waals surface area (Å²) < 4.78 is 0. The van der Waals surface area contributed by atoms with Crippen molar-refractivity contribution in [2.24, 2.45) is 11.8 Å². The van der Waals surface area contributed by atoms with E-state index in [1.807, 2.05) is 0 Å². The second-order valence-electron chi connectivity index (χ2n) is 6.64. The van der Waals surface area contributed by atoms with Crippen LogP contribution in [-0.2, 0) is 4.79 Å². The lowest BCUT2D eigenvalue weighted by Crippen LogP contribution is -2.47. The van der Waals surface area contributed by atoms with E-state index in [2.05, 4.69) is 30.6 Å². The smallest absolute Gasteiger partial charge is 0.308 e. The summed E-state index contributed by atoms with van der Waals surface area (Å²) >= 11 is 0. The minimum Gasteiger partial charge on any atom is -0.481 e. The molecule has 2 fully saturated rings. The van der Waals surface area contributed by atoms with E-state index in [4.69, 9.17) is 0 Å². The van der Waals surface area contributed by atoms with Gasteiger partial charge in [-0.25, -0.2) is 0 Å². The third-order valence-electron chi connectivity index (χ3n) is 4.77. The maximum atomic E-state index is 11.2. The lowest BCUT2D eigenvalue weighted by atomic mass is 9.99. The third-order valence-corrected chi connectivity index (χ3v) is 4.77. The van der Waals surface area contributed by atoms with Gasteiger partial charge in [0, 0.05) is 18.6 Å². The summed E-state index contributed by atoms with van der Waals surface area (Å²) in [6.07, 6.45) is 3.22. The highest BCUT2D eigenvalue weighted by Crippen LogP contribution is 2.30. The van der Waals surface area contributed by atoms with Crippen molar-refractivity contribution in [1.82, 2.24) is 9.80 Å². The van der Waals surface area contributed by atoms with Crippen molar-refractivity contribution in [2.45, 2.75) is 52.1 Å². The molecular weight excluding hydrogens is 240 g/mol. The van der Waals surface area contributed by atoms with Crippen LogP contribution in [-0.4, -0.2) is 59.1 Å². The highest BCUT2D eigenvalue weighted by Gasteiger charge is 2.39. The van der Waals surface area contributed by atoms with Crippen LogP contribution in [0.1, 0.15) is 40.0 Å². The Hall–Kier alpha value is -0.610. The Balaban J connectivity index is 1.83.